The quantitative estimate of drug-likeness (QED) is 0.607. The lowest BCUT2D eigenvalue weighted by atomic mass is 9.84. The molecule has 2 unspecified atom stereocenters. The molecule has 0 N–H and O–H groups in total. The third kappa shape index (κ3) is 3.82. The Balaban J connectivity index is 1.64. The maximum absolute atomic E-state index is 6.27. The predicted molar refractivity (Wildman–Crippen MR) is 105 cm³/mol. The zero-order chi connectivity index (χ0) is 17.1. The largest absolute Gasteiger partial charge is 0.473 e. The van der Waals surface area contributed by atoms with E-state index in [4.69, 9.17) is 9.73 Å². The van der Waals surface area contributed by atoms with Crippen LogP contribution in [0.15, 0.2) is 75.5 Å². The molecule has 3 heteroatoms. The highest BCUT2D eigenvalue weighted by Crippen LogP contribution is 2.41. The van der Waals surface area contributed by atoms with Crippen molar-refractivity contribution >= 4 is 23.3 Å². The van der Waals surface area contributed by atoms with E-state index in [0.717, 1.165) is 18.0 Å². The number of hydrogen-bond donors (Lipinski definition) is 0. The summed E-state index contributed by atoms with van der Waals surface area (Å²) in [6.07, 6.45) is 5.21. The average Bonchev–Trinajstić information content (AvgIpc) is 3.00. The Morgan fingerprint density at radius 1 is 1.00 bits per heavy atom. The molecule has 2 fully saturated rings. The molecule has 0 spiro atoms. The fraction of sp³-hybridized carbons (Fsp3) is 0.318. The van der Waals surface area contributed by atoms with Gasteiger partial charge in [-0.25, -0.2) is 4.99 Å². The number of benzene rings is 2. The van der Waals surface area contributed by atoms with Crippen LogP contribution in [0.3, 0.4) is 0 Å². The summed E-state index contributed by atoms with van der Waals surface area (Å²) in [4.78, 5) is 6.08. The van der Waals surface area contributed by atoms with Gasteiger partial charge in [0.2, 0.25) is 5.90 Å². The fourth-order valence-electron chi connectivity index (χ4n) is 3.56. The number of aryl methyl sites for hydroxylation is 1. The number of fused-ring (bicyclic) bond motifs is 1. The van der Waals surface area contributed by atoms with Gasteiger partial charge in [0, 0.05) is 16.4 Å². The van der Waals surface area contributed by atoms with Gasteiger partial charge in [0.25, 0.3) is 0 Å². The van der Waals surface area contributed by atoms with Gasteiger partial charge in [-0.2, -0.15) is 0 Å². The van der Waals surface area contributed by atoms with Crippen molar-refractivity contribution < 1.29 is 4.74 Å². The van der Waals surface area contributed by atoms with Gasteiger partial charge in [0.05, 0.1) is 5.69 Å². The number of hydrogen-bond acceptors (Lipinski definition) is 3. The first kappa shape index (κ1) is 16.5. The molecule has 1 saturated carbocycles. The smallest absolute Gasteiger partial charge is 0.218 e. The molecule has 1 aliphatic carbocycles. The first-order valence-corrected chi connectivity index (χ1v) is 9.92. The van der Waals surface area contributed by atoms with Gasteiger partial charge in [-0.15, -0.1) is 0 Å². The highest BCUT2D eigenvalue weighted by molar-refractivity contribution is 8.02. The van der Waals surface area contributed by atoms with Crippen LogP contribution in [0.2, 0.25) is 0 Å². The van der Waals surface area contributed by atoms with Crippen LogP contribution in [0.25, 0.3) is 0 Å². The van der Waals surface area contributed by atoms with E-state index in [0.29, 0.717) is 12.0 Å². The van der Waals surface area contributed by atoms with Gasteiger partial charge in [0.15, 0.2) is 0 Å². The molecule has 1 heterocycles. The summed E-state index contributed by atoms with van der Waals surface area (Å²) in [5.74, 6) is 1.32. The standard InChI is InChI=1S/C22H23NOS/c1-16-11-13-17(14-12-16)23-22-20(15-25-18-7-3-2-4-8-18)19-9-5-6-10-21(19)24-22/h2-4,7-8,11-15,19,21H,5-6,9-10H2,1H3. The molecule has 2 aromatic rings. The molecule has 25 heavy (non-hydrogen) atoms. The Hall–Kier alpha value is -2.00. The minimum atomic E-state index is 0.306. The summed E-state index contributed by atoms with van der Waals surface area (Å²) < 4.78 is 6.27. The lowest BCUT2D eigenvalue weighted by molar-refractivity contribution is 0.136. The zero-order valence-corrected chi connectivity index (χ0v) is 15.3. The fourth-order valence-corrected chi connectivity index (χ4v) is 4.41. The molecule has 2 aromatic carbocycles. The van der Waals surface area contributed by atoms with Gasteiger partial charge in [-0.1, -0.05) is 54.1 Å². The van der Waals surface area contributed by atoms with E-state index < -0.39 is 0 Å². The predicted octanol–water partition coefficient (Wildman–Crippen LogP) is 6.29. The van der Waals surface area contributed by atoms with Gasteiger partial charge in [0.1, 0.15) is 6.10 Å². The molecule has 2 aliphatic rings. The molecule has 0 radical (unpaired) electrons. The molecule has 1 aliphatic heterocycles. The lowest BCUT2D eigenvalue weighted by Crippen LogP contribution is -2.20. The van der Waals surface area contributed by atoms with Crippen LogP contribution in [0, 0.1) is 12.8 Å². The summed E-state index contributed by atoms with van der Waals surface area (Å²) in [5, 5.41) is 2.26. The van der Waals surface area contributed by atoms with Crippen LogP contribution in [0.5, 0.6) is 0 Å². The maximum atomic E-state index is 6.27. The molecule has 1 saturated heterocycles. The van der Waals surface area contributed by atoms with Crippen LogP contribution >= 0.6 is 11.8 Å². The molecule has 0 amide bonds. The topological polar surface area (TPSA) is 21.6 Å². The highest BCUT2D eigenvalue weighted by Gasteiger charge is 2.39. The number of ether oxygens (including phenoxy) is 1. The summed E-state index contributed by atoms with van der Waals surface area (Å²) in [6, 6.07) is 18.8. The number of aliphatic imine (C=N–C) groups is 1. The second kappa shape index (κ2) is 7.49. The molecule has 2 atom stereocenters. The Bertz CT molecular complexity index is 779. The Morgan fingerprint density at radius 2 is 1.76 bits per heavy atom. The Kier molecular flexibility index (Phi) is 4.93. The maximum Gasteiger partial charge on any atom is 0.218 e. The van der Waals surface area contributed by atoms with E-state index >= 15 is 0 Å². The average molecular weight is 349 g/mol. The lowest BCUT2D eigenvalue weighted by Gasteiger charge is -2.22. The summed E-state index contributed by atoms with van der Waals surface area (Å²) in [6.45, 7) is 2.10. The molecular weight excluding hydrogens is 326 g/mol. The van der Waals surface area contributed by atoms with Gasteiger partial charge in [-0.05, 0) is 55.9 Å². The third-order valence-electron chi connectivity index (χ3n) is 4.94. The van der Waals surface area contributed by atoms with Crippen molar-refractivity contribution in [1.29, 1.82) is 0 Å². The van der Waals surface area contributed by atoms with Crippen molar-refractivity contribution in [3.05, 3.63) is 71.1 Å². The van der Waals surface area contributed by atoms with E-state index in [1.165, 1.54) is 35.3 Å². The summed E-state index contributed by atoms with van der Waals surface area (Å²) in [5.41, 5.74) is 3.49. The van der Waals surface area contributed by atoms with Crippen molar-refractivity contribution in [3.63, 3.8) is 0 Å². The van der Waals surface area contributed by atoms with Gasteiger partial charge < -0.3 is 4.74 Å². The van der Waals surface area contributed by atoms with Gasteiger partial charge >= 0.3 is 0 Å². The number of nitrogens with zero attached hydrogens (tertiary/aromatic N) is 1. The normalized spacial score (nSPS) is 25.8. The van der Waals surface area contributed by atoms with Crippen LogP contribution in [-0.2, 0) is 4.74 Å². The van der Waals surface area contributed by atoms with E-state index in [1.807, 2.05) is 0 Å². The number of thioether (sulfide) groups is 1. The Labute approximate surface area is 154 Å². The van der Waals surface area contributed by atoms with Crippen LogP contribution in [0.4, 0.5) is 5.69 Å². The van der Waals surface area contributed by atoms with E-state index in [-0.39, 0.29) is 0 Å². The first-order valence-electron chi connectivity index (χ1n) is 9.04. The van der Waals surface area contributed by atoms with Crippen LogP contribution in [-0.4, -0.2) is 12.0 Å². The molecule has 0 aromatic heterocycles. The first-order chi connectivity index (χ1) is 12.3. The zero-order valence-electron chi connectivity index (χ0n) is 14.5. The van der Waals surface area contributed by atoms with Crippen LogP contribution in [0.1, 0.15) is 31.2 Å². The van der Waals surface area contributed by atoms with E-state index in [9.17, 15) is 0 Å². The third-order valence-corrected chi connectivity index (χ3v) is 5.86. The van der Waals surface area contributed by atoms with Crippen molar-refractivity contribution in [2.75, 3.05) is 0 Å². The SMILES string of the molecule is Cc1ccc(N=C2OC3CCCCC3C2=CSc2ccccc2)cc1. The second-order valence-corrected chi connectivity index (χ2v) is 7.75. The molecule has 2 nitrogen and oxygen atoms in total. The minimum Gasteiger partial charge on any atom is -0.473 e. The Morgan fingerprint density at radius 3 is 2.56 bits per heavy atom. The molecular formula is C22H23NOS. The summed E-state index contributed by atoms with van der Waals surface area (Å²) in [7, 11) is 0. The highest BCUT2D eigenvalue weighted by atomic mass is 32.2. The molecule has 4 rings (SSSR count). The number of rotatable bonds is 3. The van der Waals surface area contributed by atoms with Gasteiger partial charge in [-0.3, -0.25) is 0 Å². The van der Waals surface area contributed by atoms with E-state index in [1.54, 1.807) is 11.8 Å². The molecule has 128 valence electrons. The van der Waals surface area contributed by atoms with Crippen molar-refractivity contribution in [3.8, 4) is 0 Å². The van der Waals surface area contributed by atoms with Crippen molar-refractivity contribution in [2.45, 2.75) is 43.6 Å². The van der Waals surface area contributed by atoms with Crippen molar-refractivity contribution in [2.24, 2.45) is 10.9 Å². The van der Waals surface area contributed by atoms with E-state index in [2.05, 4.69) is 66.9 Å². The summed E-state index contributed by atoms with van der Waals surface area (Å²) >= 11 is 1.77. The van der Waals surface area contributed by atoms with Crippen LogP contribution < -0.4 is 0 Å². The molecule has 0 bridgehead atoms. The van der Waals surface area contributed by atoms with Crippen molar-refractivity contribution in [1.82, 2.24) is 0 Å². The minimum absolute atomic E-state index is 0.306. The second-order valence-electron chi connectivity index (χ2n) is 6.80. The monoisotopic (exact) mass is 349 g/mol.